The van der Waals surface area contributed by atoms with Gasteiger partial charge in [-0.05, 0) is 67.7 Å². The molecule has 9 heteroatoms. The highest BCUT2D eigenvalue weighted by Gasteiger charge is 2.69. The Morgan fingerprint density at radius 2 is 1.62 bits per heavy atom. The number of halogens is 2. The van der Waals surface area contributed by atoms with Crippen molar-refractivity contribution in [3.05, 3.63) is 46.0 Å². The Balaban J connectivity index is 1.06. The molecular weight excluding hydrogens is 549 g/mol. The van der Waals surface area contributed by atoms with E-state index in [2.05, 4.69) is 27.4 Å². The van der Waals surface area contributed by atoms with Crippen molar-refractivity contribution in [1.29, 1.82) is 0 Å². The fourth-order valence-corrected chi connectivity index (χ4v) is 8.72. The molecule has 1 unspecified atom stereocenters. The zero-order valence-electron chi connectivity index (χ0n) is 23.0. The van der Waals surface area contributed by atoms with Crippen molar-refractivity contribution >= 4 is 39.8 Å². The molecule has 4 fully saturated rings. The summed E-state index contributed by atoms with van der Waals surface area (Å²) in [6, 6.07) is 6.28. The summed E-state index contributed by atoms with van der Waals surface area (Å²) < 4.78 is 19.1. The fourth-order valence-electron chi connectivity index (χ4n) is 7.67. The van der Waals surface area contributed by atoms with Gasteiger partial charge >= 0.3 is 0 Å². The number of hydrogen-bond acceptors (Lipinski definition) is 5. The number of benzene rings is 1. The van der Waals surface area contributed by atoms with Gasteiger partial charge in [0.15, 0.2) is 6.61 Å². The Morgan fingerprint density at radius 3 is 2.30 bits per heavy atom. The lowest BCUT2D eigenvalue weighted by atomic mass is 9.44. The smallest absolute Gasteiger partial charge is 0.258 e. The van der Waals surface area contributed by atoms with Crippen molar-refractivity contribution in [3.8, 4) is 5.75 Å². The summed E-state index contributed by atoms with van der Waals surface area (Å²) in [6.07, 6.45) is 15.1. The summed E-state index contributed by atoms with van der Waals surface area (Å²) in [4.78, 5) is 26.6. The van der Waals surface area contributed by atoms with Crippen molar-refractivity contribution in [3.63, 3.8) is 0 Å². The van der Waals surface area contributed by atoms with Crippen molar-refractivity contribution in [2.24, 2.45) is 5.92 Å². The number of amides is 2. The molecule has 5 aliphatic rings. The van der Waals surface area contributed by atoms with Gasteiger partial charge in [-0.1, -0.05) is 63.0 Å². The third-order valence-electron chi connectivity index (χ3n) is 9.60. The van der Waals surface area contributed by atoms with Gasteiger partial charge in [0.2, 0.25) is 5.91 Å². The van der Waals surface area contributed by atoms with Crippen LogP contribution in [0.2, 0.25) is 5.02 Å². The molecule has 1 aliphatic heterocycles. The number of rotatable bonds is 6. The predicted molar refractivity (Wildman–Crippen MR) is 157 cm³/mol. The molecule has 0 saturated heterocycles. The van der Waals surface area contributed by atoms with Crippen LogP contribution in [-0.2, 0) is 16.0 Å². The number of carbonyl (C=O) groups excluding carboxylic acids is 2. The van der Waals surface area contributed by atoms with Crippen LogP contribution in [0.4, 0.5) is 9.39 Å². The zero-order valence-corrected chi connectivity index (χ0v) is 24.5. The monoisotopic (exact) mass is 587 g/mol. The molecular formula is C31H39ClFN3O3S. The molecule has 1 aromatic carbocycles. The van der Waals surface area contributed by atoms with Crippen LogP contribution in [0.5, 0.6) is 5.75 Å². The van der Waals surface area contributed by atoms with Gasteiger partial charge in [0, 0.05) is 22.7 Å². The molecule has 2 heterocycles. The Labute approximate surface area is 244 Å². The van der Waals surface area contributed by atoms with E-state index >= 15 is 0 Å². The van der Waals surface area contributed by atoms with Gasteiger partial charge in [0.05, 0.1) is 15.9 Å². The second kappa shape index (κ2) is 11.2. The summed E-state index contributed by atoms with van der Waals surface area (Å²) in [5.74, 6) is -0.496. The van der Waals surface area contributed by atoms with Gasteiger partial charge in [-0.15, -0.1) is 11.3 Å². The molecule has 40 heavy (non-hydrogen) atoms. The topological polar surface area (TPSA) is 79.5 Å². The Kier molecular flexibility index (Phi) is 7.77. The number of carbonyl (C=O) groups is 2. The van der Waals surface area contributed by atoms with E-state index in [0.29, 0.717) is 0 Å². The van der Waals surface area contributed by atoms with E-state index in [9.17, 15) is 14.0 Å². The van der Waals surface area contributed by atoms with E-state index in [1.807, 2.05) is 0 Å². The van der Waals surface area contributed by atoms with Crippen molar-refractivity contribution in [2.45, 2.75) is 107 Å². The fraction of sp³-hybridized carbons (Fsp3) is 0.613. The first kappa shape index (κ1) is 27.8. The standard InChI is InChI=1S/C31H39ClFN3O3S/c32-24-10-9-22(16-25(24)33)39-17-26(37)34-29-18-30(19-29,20-29)35-27(38)23-15-21-11-14-40-28(21)36-31(23)12-7-5-3-1-2-4-6-8-13-31/h9-11,14,16,23,36H,1-8,12-13,15,17-20H2,(H,34,37)(H,35,38). The van der Waals surface area contributed by atoms with Crippen LogP contribution >= 0.6 is 22.9 Å². The maximum absolute atomic E-state index is 14.0. The molecule has 2 aromatic rings. The minimum absolute atomic E-state index is 0.0136. The summed E-state index contributed by atoms with van der Waals surface area (Å²) in [5.41, 5.74) is 0.553. The largest absolute Gasteiger partial charge is 0.484 e. The van der Waals surface area contributed by atoms with Crippen LogP contribution in [0.1, 0.15) is 89.0 Å². The molecule has 7 rings (SSSR count). The first-order valence-electron chi connectivity index (χ1n) is 14.9. The molecule has 216 valence electrons. The van der Waals surface area contributed by atoms with Crippen LogP contribution in [0, 0.1) is 11.7 Å². The lowest BCUT2D eigenvalue weighted by Crippen LogP contribution is -2.84. The average molecular weight is 588 g/mol. The summed E-state index contributed by atoms with van der Waals surface area (Å²) in [5, 5.41) is 13.9. The number of thiophene rings is 1. The molecule has 0 radical (unpaired) electrons. The van der Waals surface area contributed by atoms with Crippen LogP contribution in [0.25, 0.3) is 0 Å². The Bertz CT molecular complexity index is 1230. The van der Waals surface area contributed by atoms with E-state index in [1.165, 1.54) is 67.3 Å². The summed E-state index contributed by atoms with van der Waals surface area (Å²) in [6.45, 7) is -0.193. The second-order valence-electron chi connectivity index (χ2n) is 12.6. The molecule has 3 N–H and O–H groups in total. The van der Waals surface area contributed by atoms with Crippen LogP contribution in [0.15, 0.2) is 29.6 Å². The minimum atomic E-state index is -0.581. The lowest BCUT2D eigenvalue weighted by molar-refractivity contribution is -0.153. The highest BCUT2D eigenvalue weighted by molar-refractivity contribution is 7.14. The van der Waals surface area contributed by atoms with Crippen LogP contribution in [-0.4, -0.2) is 35.0 Å². The molecule has 2 bridgehead atoms. The Morgan fingerprint density at radius 1 is 0.975 bits per heavy atom. The quantitative estimate of drug-likeness (QED) is 0.349. The third kappa shape index (κ3) is 5.58. The first-order chi connectivity index (χ1) is 19.3. The van der Waals surface area contributed by atoms with Crippen molar-refractivity contribution in [1.82, 2.24) is 10.6 Å². The highest BCUT2D eigenvalue weighted by atomic mass is 35.5. The van der Waals surface area contributed by atoms with Gasteiger partial charge in [0.25, 0.3) is 5.91 Å². The summed E-state index contributed by atoms with van der Waals surface area (Å²) >= 11 is 7.47. The second-order valence-corrected chi connectivity index (χ2v) is 14.0. The van der Waals surface area contributed by atoms with Gasteiger partial charge in [-0.25, -0.2) is 4.39 Å². The van der Waals surface area contributed by atoms with Crippen LogP contribution in [0.3, 0.4) is 0 Å². The molecule has 6 nitrogen and oxygen atoms in total. The first-order valence-corrected chi connectivity index (χ1v) is 16.1. The molecule has 1 atom stereocenters. The van der Waals surface area contributed by atoms with E-state index in [0.717, 1.165) is 51.4 Å². The molecule has 4 saturated carbocycles. The van der Waals surface area contributed by atoms with E-state index < -0.39 is 5.82 Å². The summed E-state index contributed by atoms with van der Waals surface area (Å²) in [7, 11) is 0. The molecule has 4 aliphatic carbocycles. The number of nitrogens with one attached hydrogen (secondary N) is 3. The Hall–Kier alpha value is -2.32. The average Bonchev–Trinajstić information content (AvgIpc) is 3.32. The molecule has 2 amide bonds. The van der Waals surface area contributed by atoms with Gasteiger partial charge < -0.3 is 20.7 Å². The van der Waals surface area contributed by atoms with Gasteiger partial charge in [-0.2, -0.15) is 0 Å². The maximum Gasteiger partial charge on any atom is 0.258 e. The third-order valence-corrected chi connectivity index (χ3v) is 10.8. The van der Waals surface area contributed by atoms with E-state index in [1.54, 1.807) is 11.3 Å². The lowest BCUT2D eigenvalue weighted by Gasteiger charge is -2.70. The normalized spacial score (nSPS) is 29.0. The number of ether oxygens (including phenoxy) is 1. The molecule has 1 aromatic heterocycles. The number of anilines is 1. The van der Waals surface area contributed by atoms with E-state index in [4.69, 9.17) is 16.3 Å². The SMILES string of the molecule is O=C(COc1ccc(Cl)c(F)c1)NC12CC(NC(=O)C3Cc4ccsc4NC34CCCCCCCCCC4)(C1)C2. The van der Waals surface area contributed by atoms with Crippen molar-refractivity contribution in [2.75, 3.05) is 11.9 Å². The van der Waals surface area contributed by atoms with Crippen molar-refractivity contribution < 1.29 is 18.7 Å². The minimum Gasteiger partial charge on any atom is -0.484 e. The van der Waals surface area contributed by atoms with Crippen LogP contribution < -0.4 is 20.7 Å². The maximum atomic E-state index is 14.0. The zero-order chi connectivity index (χ0) is 27.8. The number of hydrogen-bond donors (Lipinski definition) is 3. The molecule has 1 spiro atoms. The van der Waals surface area contributed by atoms with E-state index in [-0.39, 0.29) is 51.7 Å². The predicted octanol–water partition coefficient (Wildman–Crippen LogP) is 6.76. The van der Waals surface area contributed by atoms with Gasteiger partial charge in [-0.3, -0.25) is 9.59 Å². The van der Waals surface area contributed by atoms with Gasteiger partial charge in [0.1, 0.15) is 11.6 Å². The number of fused-ring (bicyclic) bond motifs is 1. The highest BCUT2D eigenvalue weighted by Crippen LogP contribution is 2.60.